The van der Waals surface area contributed by atoms with Gasteiger partial charge in [0.15, 0.2) is 0 Å². The summed E-state index contributed by atoms with van der Waals surface area (Å²) in [5.41, 5.74) is 0.321. The summed E-state index contributed by atoms with van der Waals surface area (Å²) in [5, 5.41) is 2.93. The third-order valence-corrected chi connectivity index (χ3v) is 7.45. The van der Waals surface area contributed by atoms with Gasteiger partial charge in [-0.25, -0.2) is 4.79 Å². The van der Waals surface area contributed by atoms with E-state index in [2.05, 4.69) is 29.3 Å². The number of carbonyl (C=O) groups is 3. The number of hydrogen-bond donors (Lipinski definition) is 1. The Hall–Kier alpha value is -2.57. The molecule has 0 unspecified atom stereocenters. The van der Waals surface area contributed by atoms with E-state index in [9.17, 15) is 14.4 Å². The van der Waals surface area contributed by atoms with Gasteiger partial charge in [-0.2, -0.15) is 0 Å². The molecular weight excluding hydrogens is 392 g/mol. The molecule has 1 aromatic carbocycles. The molecule has 7 heteroatoms. The molecule has 7 nitrogen and oxygen atoms in total. The maximum absolute atomic E-state index is 13.1. The number of likely N-dealkylation sites (tertiary alicyclic amines) is 1. The third-order valence-electron chi connectivity index (χ3n) is 7.45. The largest absolute Gasteiger partial charge is 0.373 e. The quantitative estimate of drug-likeness (QED) is 0.710. The number of imide groups is 1. The monoisotopic (exact) mass is 426 g/mol. The number of carbonyl (C=O) groups excluding carboxylic acids is 3. The number of benzene rings is 1. The molecule has 168 valence electrons. The second kappa shape index (κ2) is 8.89. The molecule has 0 radical (unpaired) electrons. The van der Waals surface area contributed by atoms with Gasteiger partial charge in [-0.05, 0) is 56.6 Å². The minimum atomic E-state index is -0.791. The lowest BCUT2D eigenvalue weighted by Gasteiger charge is -2.34. The minimum absolute atomic E-state index is 0.0902. The second-order valence-electron chi connectivity index (χ2n) is 9.35. The van der Waals surface area contributed by atoms with Gasteiger partial charge in [-0.1, -0.05) is 31.5 Å². The van der Waals surface area contributed by atoms with Crippen LogP contribution in [0.1, 0.15) is 51.9 Å². The molecule has 1 spiro atoms. The van der Waals surface area contributed by atoms with E-state index in [-0.39, 0.29) is 24.4 Å². The van der Waals surface area contributed by atoms with Gasteiger partial charge in [0.05, 0.1) is 0 Å². The number of para-hydroxylation sites is 1. The van der Waals surface area contributed by atoms with E-state index in [1.54, 1.807) is 0 Å². The van der Waals surface area contributed by atoms with Crippen molar-refractivity contribution in [2.45, 2.75) is 63.5 Å². The predicted octanol–water partition coefficient (Wildman–Crippen LogP) is 3.00. The van der Waals surface area contributed by atoms with Crippen LogP contribution >= 0.6 is 0 Å². The van der Waals surface area contributed by atoms with E-state index in [0.29, 0.717) is 25.3 Å². The van der Waals surface area contributed by atoms with Gasteiger partial charge in [-0.15, -0.1) is 0 Å². The average molecular weight is 427 g/mol. The molecule has 2 heterocycles. The zero-order valence-electron chi connectivity index (χ0n) is 18.7. The molecule has 2 saturated heterocycles. The predicted molar refractivity (Wildman–Crippen MR) is 120 cm³/mol. The first-order valence-corrected chi connectivity index (χ1v) is 11.6. The van der Waals surface area contributed by atoms with E-state index in [1.807, 2.05) is 30.1 Å². The number of likely N-dealkylation sites (N-methyl/N-ethyl adjacent to an activating group) is 1. The Morgan fingerprint density at radius 1 is 1.16 bits per heavy atom. The molecule has 1 aliphatic carbocycles. The second-order valence-corrected chi connectivity index (χ2v) is 9.35. The molecule has 1 saturated carbocycles. The van der Waals surface area contributed by atoms with Crippen LogP contribution in [-0.2, 0) is 9.59 Å². The van der Waals surface area contributed by atoms with Crippen LogP contribution in [0.4, 0.5) is 10.5 Å². The van der Waals surface area contributed by atoms with Crippen molar-refractivity contribution in [2.75, 3.05) is 31.6 Å². The summed E-state index contributed by atoms with van der Waals surface area (Å²) in [4.78, 5) is 44.1. The summed E-state index contributed by atoms with van der Waals surface area (Å²) in [6.45, 7) is 3.43. The summed E-state index contributed by atoms with van der Waals surface area (Å²) >= 11 is 0. The lowest BCUT2D eigenvalue weighted by Crippen LogP contribution is -2.50. The summed E-state index contributed by atoms with van der Waals surface area (Å²) in [5.74, 6) is 0.280. The van der Waals surface area contributed by atoms with E-state index >= 15 is 0 Å². The molecule has 3 fully saturated rings. The standard InChI is InChI=1S/C24H34N4O3/c1-3-18-11-13-24(14-12-18)22(30)28(23(31)25-24)17-21(29)27-15-7-10-20(27)16-26(2)19-8-5-4-6-9-19/h4-6,8-9,18,20H,3,7,10-17H2,1-2H3,(H,25,31)/t18?,20-,24?/m1/s1. The van der Waals surface area contributed by atoms with Crippen LogP contribution < -0.4 is 10.2 Å². The molecule has 0 aromatic heterocycles. The SMILES string of the molecule is CCC1CCC2(CC1)NC(=O)N(CC(=O)N1CCC[C@@H]1CN(C)c1ccccc1)C2=O. The molecular formula is C24H34N4O3. The van der Waals surface area contributed by atoms with Gasteiger partial charge in [0.25, 0.3) is 5.91 Å². The molecule has 31 heavy (non-hydrogen) atoms. The van der Waals surface area contributed by atoms with E-state index in [0.717, 1.165) is 49.2 Å². The third kappa shape index (κ3) is 4.27. The highest BCUT2D eigenvalue weighted by Gasteiger charge is 2.53. The van der Waals surface area contributed by atoms with Crippen LogP contribution in [0.2, 0.25) is 0 Å². The Labute approximate surface area is 184 Å². The van der Waals surface area contributed by atoms with E-state index in [4.69, 9.17) is 0 Å². The van der Waals surface area contributed by atoms with Gasteiger partial charge in [0.1, 0.15) is 12.1 Å². The molecule has 2 aliphatic heterocycles. The Balaban J connectivity index is 1.38. The highest BCUT2D eigenvalue weighted by Crippen LogP contribution is 2.37. The van der Waals surface area contributed by atoms with Crippen molar-refractivity contribution in [1.29, 1.82) is 0 Å². The molecule has 1 N–H and O–H groups in total. The molecule has 4 amide bonds. The Bertz CT molecular complexity index is 819. The van der Waals surface area contributed by atoms with Crippen molar-refractivity contribution in [1.82, 2.24) is 15.1 Å². The highest BCUT2D eigenvalue weighted by molar-refractivity contribution is 6.09. The number of amides is 4. The first-order chi connectivity index (χ1) is 14.9. The van der Waals surface area contributed by atoms with Gasteiger partial charge < -0.3 is 15.1 Å². The zero-order chi connectivity index (χ0) is 22.0. The maximum Gasteiger partial charge on any atom is 0.325 e. The average Bonchev–Trinajstić information content (AvgIpc) is 3.33. The first kappa shape index (κ1) is 21.7. The zero-order valence-corrected chi connectivity index (χ0v) is 18.7. The summed E-state index contributed by atoms with van der Waals surface area (Å²) in [6.07, 6.45) is 6.24. The van der Waals surface area contributed by atoms with Crippen molar-refractivity contribution in [3.63, 3.8) is 0 Å². The summed E-state index contributed by atoms with van der Waals surface area (Å²) in [7, 11) is 2.03. The van der Waals surface area contributed by atoms with Crippen LogP contribution in [0.25, 0.3) is 0 Å². The van der Waals surface area contributed by atoms with Crippen LogP contribution in [0.3, 0.4) is 0 Å². The molecule has 3 aliphatic rings. The van der Waals surface area contributed by atoms with Crippen LogP contribution in [-0.4, -0.2) is 65.9 Å². The lowest BCUT2D eigenvalue weighted by molar-refractivity contribution is -0.140. The Kier molecular flexibility index (Phi) is 6.21. The topological polar surface area (TPSA) is 73.0 Å². The van der Waals surface area contributed by atoms with Gasteiger partial charge >= 0.3 is 6.03 Å². The lowest BCUT2D eigenvalue weighted by atomic mass is 9.75. The normalized spacial score (nSPS) is 28.3. The maximum atomic E-state index is 13.1. The molecule has 1 aromatic rings. The summed E-state index contributed by atoms with van der Waals surface area (Å²) < 4.78 is 0. The number of nitrogens with one attached hydrogen (secondary N) is 1. The minimum Gasteiger partial charge on any atom is -0.373 e. The number of rotatable bonds is 6. The number of nitrogens with zero attached hydrogens (tertiary/aromatic N) is 3. The van der Waals surface area contributed by atoms with Crippen molar-refractivity contribution < 1.29 is 14.4 Å². The highest BCUT2D eigenvalue weighted by atomic mass is 16.2. The number of urea groups is 1. The molecule has 4 rings (SSSR count). The van der Waals surface area contributed by atoms with E-state index < -0.39 is 11.6 Å². The van der Waals surface area contributed by atoms with Gasteiger partial charge in [0, 0.05) is 31.9 Å². The fourth-order valence-corrected chi connectivity index (χ4v) is 5.42. The smallest absolute Gasteiger partial charge is 0.325 e. The van der Waals surface area contributed by atoms with Crippen molar-refractivity contribution in [2.24, 2.45) is 5.92 Å². The van der Waals surface area contributed by atoms with Crippen LogP contribution in [0, 0.1) is 5.92 Å². The summed E-state index contributed by atoms with van der Waals surface area (Å²) in [6, 6.07) is 9.79. The van der Waals surface area contributed by atoms with Gasteiger partial charge in [0.2, 0.25) is 5.91 Å². The van der Waals surface area contributed by atoms with Crippen molar-refractivity contribution in [3.8, 4) is 0 Å². The Morgan fingerprint density at radius 2 is 1.87 bits per heavy atom. The van der Waals surface area contributed by atoms with Crippen LogP contribution in [0.15, 0.2) is 30.3 Å². The van der Waals surface area contributed by atoms with Crippen molar-refractivity contribution >= 4 is 23.5 Å². The molecule has 0 bridgehead atoms. The number of anilines is 1. The fraction of sp³-hybridized carbons (Fsp3) is 0.625. The molecule has 1 atom stereocenters. The first-order valence-electron chi connectivity index (χ1n) is 11.6. The van der Waals surface area contributed by atoms with Gasteiger partial charge in [-0.3, -0.25) is 14.5 Å². The Morgan fingerprint density at radius 3 is 2.55 bits per heavy atom. The number of hydrogen-bond acceptors (Lipinski definition) is 4. The van der Waals surface area contributed by atoms with Crippen molar-refractivity contribution in [3.05, 3.63) is 30.3 Å². The fourth-order valence-electron chi connectivity index (χ4n) is 5.42. The van der Waals surface area contributed by atoms with Crippen LogP contribution in [0.5, 0.6) is 0 Å². The van der Waals surface area contributed by atoms with E-state index in [1.165, 1.54) is 0 Å².